The van der Waals surface area contributed by atoms with Gasteiger partial charge < -0.3 is 15.4 Å². The van der Waals surface area contributed by atoms with Crippen molar-refractivity contribution >= 4 is 23.1 Å². The molecule has 2 aromatic carbocycles. The Labute approximate surface area is 178 Å². The van der Waals surface area contributed by atoms with Crippen LogP contribution in [-0.2, 0) is 11.2 Å². The van der Waals surface area contributed by atoms with E-state index in [9.17, 15) is 9.59 Å². The van der Waals surface area contributed by atoms with Gasteiger partial charge in [0.1, 0.15) is 5.75 Å². The van der Waals surface area contributed by atoms with Crippen molar-refractivity contribution in [3.05, 3.63) is 65.2 Å². The summed E-state index contributed by atoms with van der Waals surface area (Å²) in [4.78, 5) is 24.9. The van der Waals surface area contributed by atoms with Gasteiger partial charge in [0, 0.05) is 40.5 Å². The van der Waals surface area contributed by atoms with Gasteiger partial charge in [0.15, 0.2) is 5.78 Å². The molecular weight excluding hydrogens is 376 g/mol. The Morgan fingerprint density at radius 3 is 2.50 bits per heavy atom. The number of allylic oxidation sites excluding steroid dienone is 1. The standard InChI is InChI=1S/C25H30N2O3/c1-16(2)12-24(29)26-19-9-6-17(7-10-19)23(28)14-22-21-13-20(30-5)11-8-18(21)15-25(3,4)27-22/h6-11,13-14,16,27H,12,15H2,1-5H3,(H,26,29). The van der Waals surface area contributed by atoms with Crippen LogP contribution in [0.5, 0.6) is 5.75 Å². The molecule has 1 aliphatic rings. The first-order chi connectivity index (χ1) is 14.2. The minimum atomic E-state index is -0.155. The van der Waals surface area contributed by atoms with Crippen LogP contribution in [0.2, 0.25) is 0 Å². The number of rotatable bonds is 6. The normalized spacial score (nSPS) is 16.0. The molecule has 5 heteroatoms. The number of methoxy groups -OCH3 is 1. The molecule has 0 spiro atoms. The second kappa shape index (κ2) is 8.74. The lowest BCUT2D eigenvalue weighted by Gasteiger charge is -2.35. The second-order valence-electron chi connectivity index (χ2n) is 8.85. The largest absolute Gasteiger partial charge is 0.497 e. The van der Waals surface area contributed by atoms with E-state index in [4.69, 9.17) is 4.74 Å². The first-order valence-corrected chi connectivity index (χ1v) is 10.3. The zero-order valence-electron chi connectivity index (χ0n) is 18.3. The molecule has 0 unspecified atom stereocenters. The predicted octanol–water partition coefficient (Wildman–Crippen LogP) is 4.83. The van der Waals surface area contributed by atoms with Gasteiger partial charge in [-0.05, 0) is 68.1 Å². The van der Waals surface area contributed by atoms with Crippen molar-refractivity contribution in [2.24, 2.45) is 5.92 Å². The van der Waals surface area contributed by atoms with E-state index in [1.54, 1.807) is 37.5 Å². The van der Waals surface area contributed by atoms with Crippen molar-refractivity contribution in [1.82, 2.24) is 5.32 Å². The van der Waals surface area contributed by atoms with E-state index in [-0.39, 0.29) is 17.2 Å². The average molecular weight is 407 g/mol. The molecule has 0 radical (unpaired) electrons. The number of amides is 1. The summed E-state index contributed by atoms with van der Waals surface area (Å²) in [5.74, 6) is 0.940. The summed E-state index contributed by atoms with van der Waals surface area (Å²) < 4.78 is 5.36. The number of hydrogen-bond acceptors (Lipinski definition) is 4. The molecule has 3 rings (SSSR count). The summed E-state index contributed by atoms with van der Waals surface area (Å²) in [6, 6.07) is 13.0. The Hall–Kier alpha value is -3.08. The molecule has 2 aromatic rings. The molecular formula is C25H30N2O3. The number of carbonyl (C=O) groups is 2. The van der Waals surface area contributed by atoms with E-state index in [0.29, 0.717) is 23.6 Å². The van der Waals surface area contributed by atoms with Gasteiger partial charge in [-0.15, -0.1) is 0 Å². The molecule has 30 heavy (non-hydrogen) atoms. The highest BCUT2D eigenvalue weighted by molar-refractivity contribution is 6.09. The fourth-order valence-corrected chi connectivity index (χ4v) is 3.67. The summed E-state index contributed by atoms with van der Waals surface area (Å²) in [5.41, 5.74) is 4.06. The summed E-state index contributed by atoms with van der Waals surface area (Å²) in [6.07, 6.45) is 2.98. The first-order valence-electron chi connectivity index (χ1n) is 10.3. The molecule has 0 saturated carbocycles. The molecule has 0 saturated heterocycles. The number of hydrogen-bond donors (Lipinski definition) is 2. The topological polar surface area (TPSA) is 67.4 Å². The third-order valence-electron chi connectivity index (χ3n) is 5.03. The van der Waals surface area contributed by atoms with Gasteiger partial charge in [0.05, 0.1) is 7.11 Å². The van der Waals surface area contributed by atoms with Gasteiger partial charge in [-0.25, -0.2) is 0 Å². The van der Waals surface area contributed by atoms with E-state index < -0.39 is 0 Å². The molecule has 2 N–H and O–H groups in total. The third kappa shape index (κ3) is 5.29. The Morgan fingerprint density at radius 1 is 1.17 bits per heavy atom. The van der Waals surface area contributed by atoms with Crippen molar-refractivity contribution in [3.8, 4) is 5.75 Å². The molecule has 1 aliphatic heterocycles. The van der Waals surface area contributed by atoms with Gasteiger partial charge in [-0.3, -0.25) is 9.59 Å². The molecule has 1 heterocycles. The van der Waals surface area contributed by atoms with Gasteiger partial charge in [0.25, 0.3) is 0 Å². The van der Waals surface area contributed by atoms with Crippen LogP contribution in [-0.4, -0.2) is 24.3 Å². The molecule has 1 amide bonds. The van der Waals surface area contributed by atoms with Crippen LogP contribution in [0, 0.1) is 5.92 Å². The summed E-state index contributed by atoms with van der Waals surface area (Å²) >= 11 is 0. The molecule has 0 bridgehead atoms. The van der Waals surface area contributed by atoms with Crippen LogP contribution in [0.1, 0.15) is 55.6 Å². The Bertz CT molecular complexity index is 972. The molecule has 0 fully saturated rings. The molecule has 0 atom stereocenters. The molecule has 0 aliphatic carbocycles. The van der Waals surface area contributed by atoms with Gasteiger partial charge >= 0.3 is 0 Å². The number of carbonyl (C=O) groups excluding carboxylic acids is 2. The lowest BCUT2D eigenvalue weighted by Crippen LogP contribution is -2.43. The van der Waals surface area contributed by atoms with Crippen LogP contribution < -0.4 is 15.4 Å². The van der Waals surface area contributed by atoms with Crippen molar-refractivity contribution in [2.75, 3.05) is 12.4 Å². The van der Waals surface area contributed by atoms with Crippen LogP contribution >= 0.6 is 0 Å². The van der Waals surface area contributed by atoms with Gasteiger partial charge in [-0.1, -0.05) is 19.9 Å². The van der Waals surface area contributed by atoms with E-state index in [1.807, 2.05) is 26.0 Å². The first kappa shape index (κ1) is 21.6. The van der Waals surface area contributed by atoms with E-state index in [2.05, 4.69) is 30.5 Å². The Morgan fingerprint density at radius 2 is 1.87 bits per heavy atom. The van der Waals surface area contributed by atoms with Crippen LogP contribution in [0.15, 0.2) is 48.5 Å². The van der Waals surface area contributed by atoms with Gasteiger partial charge in [0.2, 0.25) is 5.91 Å². The highest BCUT2D eigenvalue weighted by Gasteiger charge is 2.28. The average Bonchev–Trinajstić information content (AvgIpc) is 2.66. The Kier molecular flexibility index (Phi) is 6.30. The highest BCUT2D eigenvalue weighted by Crippen LogP contribution is 2.32. The maximum Gasteiger partial charge on any atom is 0.224 e. The minimum absolute atomic E-state index is 0.0228. The monoisotopic (exact) mass is 406 g/mol. The number of benzene rings is 2. The van der Waals surface area contributed by atoms with Gasteiger partial charge in [-0.2, -0.15) is 0 Å². The highest BCUT2D eigenvalue weighted by atomic mass is 16.5. The van der Waals surface area contributed by atoms with Crippen molar-refractivity contribution in [2.45, 2.75) is 46.1 Å². The fourth-order valence-electron chi connectivity index (χ4n) is 3.67. The van der Waals surface area contributed by atoms with Crippen molar-refractivity contribution in [3.63, 3.8) is 0 Å². The number of ketones is 1. The lowest BCUT2D eigenvalue weighted by molar-refractivity contribution is -0.116. The molecule has 5 nitrogen and oxygen atoms in total. The fraction of sp³-hybridized carbons (Fsp3) is 0.360. The summed E-state index contributed by atoms with van der Waals surface area (Å²) in [7, 11) is 1.64. The lowest BCUT2D eigenvalue weighted by atomic mass is 9.85. The van der Waals surface area contributed by atoms with E-state index in [0.717, 1.165) is 23.4 Å². The molecule has 158 valence electrons. The second-order valence-corrected chi connectivity index (χ2v) is 8.85. The maximum atomic E-state index is 12.9. The van der Waals surface area contributed by atoms with E-state index in [1.165, 1.54) is 5.56 Å². The zero-order valence-corrected chi connectivity index (χ0v) is 18.3. The number of nitrogens with one attached hydrogen (secondary N) is 2. The van der Waals surface area contributed by atoms with Crippen molar-refractivity contribution in [1.29, 1.82) is 0 Å². The summed E-state index contributed by atoms with van der Waals surface area (Å²) in [5, 5.41) is 6.35. The molecule has 0 aromatic heterocycles. The Balaban J connectivity index is 1.83. The zero-order chi connectivity index (χ0) is 21.9. The third-order valence-corrected chi connectivity index (χ3v) is 5.03. The number of fused-ring (bicyclic) bond motifs is 1. The minimum Gasteiger partial charge on any atom is -0.497 e. The smallest absolute Gasteiger partial charge is 0.224 e. The number of anilines is 1. The van der Waals surface area contributed by atoms with Crippen LogP contribution in [0.25, 0.3) is 5.70 Å². The van der Waals surface area contributed by atoms with Crippen LogP contribution in [0.4, 0.5) is 5.69 Å². The van der Waals surface area contributed by atoms with Crippen molar-refractivity contribution < 1.29 is 14.3 Å². The predicted molar refractivity (Wildman–Crippen MR) is 121 cm³/mol. The quantitative estimate of drug-likeness (QED) is 0.533. The maximum absolute atomic E-state index is 12.9. The number of ether oxygens (including phenoxy) is 1. The SMILES string of the molecule is COc1ccc2c(c1)C(=CC(=O)c1ccc(NC(=O)CC(C)C)cc1)NC(C)(C)C2. The van der Waals surface area contributed by atoms with Crippen LogP contribution in [0.3, 0.4) is 0 Å². The van der Waals surface area contributed by atoms with E-state index >= 15 is 0 Å². The summed E-state index contributed by atoms with van der Waals surface area (Å²) in [6.45, 7) is 8.24.